The van der Waals surface area contributed by atoms with Crippen LogP contribution in [0.2, 0.25) is 0 Å². The lowest BCUT2D eigenvalue weighted by atomic mass is 9.95. The van der Waals surface area contributed by atoms with Gasteiger partial charge in [-0.2, -0.15) is 0 Å². The van der Waals surface area contributed by atoms with E-state index in [2.05, 4.69) is 48.2 Å². The normalized spacial score (nSPS) is 13.3. The van der Waals surface area contributed by atoms with Gasteiger partial charge in [-0.05, 0) is 50.2 Å². The quantitative estimate of drug-likeness (QED) is 0.783. The van der Waals surface area contributed by atoms with Gasteiger partial charge in [0, 0.05) is 25.5 Å². The minimum absolute atomic E-state index is 0.701. The Balaban J connectivity index is 2.44. The Morgan fingerprint density at radius 1 is 1.29 bits per heavy atom. The average Bonchev–Trinajstić information content (AvgIpc) is 2.29. The van der Waals surface area contributed by atoms with Crippen LogP contribution in [0.15, 0.2) is 24.5 Å². The standard InChI is InChI=1S/C14H25N3/c1-12(2)14(9-15-3)11-17(4)10-13-5-7-16-8-6-13/h5-8,12,14-15H,9-11H2,1-4H3. The third-order valence-corrected chi connectivity index (χ3v) is 3.16. The first-order chi connectivity index (χ1) is 8.13. The third-order valence-electron chi connectivity index (χ3n) is 3.16. The Hall–Kier alpha value is -0.930. The number of nitrogens with one attached hydrogen (secondary N) is 1. The zero-order valence-corrected chi connectivity index (χ0v) is 11.5. The van der Waals surface area contributed by atoms with Gasteiger partial charge in [-0.15, -0.1) is 0 Å². The lowest BCUT2D eigenvalue weighted by Gasteiger charge is -2.26. The first kappa shape index (κ1) is 14.1. The fourth-order valence-corrected chi connectivity index (χ4v) is 2.04. The Morgan fingerprint density at radius 2 is 1.94 bits per heavy atom. The van der Waals surface area contributed by atoms with Crippen LogP contribution in [0.3, 0.4) is 0 Å². The van der Waals surface area contributed by atoms with Gasteiger partial charge in [0.25, 0.3) is 0 Å². The molecule has 17 heavy (non-hydrogen) atoms. The Bertz CT molecular complexity index is 298. The topological polar surface area (TPSA) is 28.2 Å². The lowest BCUT2D eigenvalue weighted by Crippen LogP contribution is -2.34. The Labute approximate surface area is 105 Å². The largest absolute Gasteiger partial charge is 0.319 e. The molecule has 0 fully saturated rings. The molecule has 1 aromatic rings. The number of hydrogen-bond acceptors (Lipinski definition) is 3. The van der Waals surface area contributed by atoms with E-state index in [4.69, 9.17) is 0 Å². The molecule has 1 rings (SSSR count). The summed E-state index contributed by atoms with van der Waals surface area (Å²) in [5.41, 5.74) is 1.33. The number of rotatable bonds is 7. The molecule has 3 heteroatoms. The van der Waals surface area contributed by atoms with Crippen LogP contribution in [-0.4, -0.2) is 37.1 Å². The molecule has 0 spiro atoms. The van der Waals surface area contributed by atoms with E-state index in [0.29, 0.717) is 11.8 Å². The van der Waals surface area contributed by atoms with E-state index in [1.165, 1.54) is 5.56 Å². The van der Waals surface area contributed by atoms with E-state index in [1.807, 2.05) is 19.4 Å². The summed E-state index contributed by atoms with van der Waals surface area (Å²) in [7, 11) is 4.21. The maximum atomic E-state index is 4.04. The molecule has 0 aliphatic carbocycles. The van der Waals surface area contributed by atoms with Gasteiger partial charge in [0.1, 0.15) is 0 Å². The number of pyridine rings is 1. The molecule has 0 bridgehead atoms. The van der Waals surface area contributed by atoms with Gasteiger partial charge in [-0.1, -0.05) is 13.8 Å². The van der Waals surface area contributed by atoms with Crippen molar-refractivity contribution < 1.29 is 0 Å². The summed E-state index contributed by atoms with van der Waals surface area (Å²) in [6, 6.07) is 4.16. The first-order valence-electron chi connectivity index (χ1n) is 6.35. The van der Waals surface area contributed by atoms with Gasteiger partial charge in [-0.25, -0.2) is 0 Å². The number of hydrogen-bond donors (Lipinski definition) is 1. The highest BCUT2D eigenvalue weighted by atomic mass is 15.1. The first-order valence-corrected chi connectivity index (χ1v) is 6.35. The third kappa shape index (κ3) is 5.29. The molecule has 0 radical (unpaired) electrons. The molecule has 0 saturated heterocycles. The molecular weight excluding hydrogens is 210 g/mol. The molecule has 3 nitrogen and oxygen atoms in total. The molecule has 0 aromatic carbocycles. The van der Waals surface area contributed by atoms with Crippen molar-refractivity contribution in [3.8, 4) is 0 Å². The predicted molar refractivity (Wildman–Crippen MR) is 72.8 cm³/mol. The van der Waals surface area contributed by atoms with E-state index in [-0.39, 0.29) is 0 Å². The van der Waals surface area contributed by atoms with E-state index < -0.39 is 0 Å². The minimum Gasteiger partial charge on any atom is -0.319 e. The monoisotopic (exact) mass is 235 g/mol. The van der Waals surface area contributed by atoms with Crippen molar-refractivity contribution in [2.75, 3.05) is 27.2 Å². The second-order valence-corrected chi connectivity index (χ2v) is 5.11. The van der Waals surface area contributed by atoms with Gasteiger partial charge in [-0.3, -0.25) is 4.98 Å². The van der Waals surface area contributed by atoms with Gasteiger partial charge >= 0.3 is 0 Å². The highest BCUT2D eigenvalue weighted by molar-refractivity contribution is 5.09. The van der Waals surface area contributed by atoms with Crippen molar-refractivity contribution in [1.29, 1.82) is 0 Å². The fourth-order valence-electron chi connectivity index (χ4n) is 2.04. The van der Waals surface area contributed by atoms with Gasteiger partial charge in [0.05, 0.1) is 0 Å². The molecular formula is C14H25N3. The van der Waals surface area contributed by atoms with E-state index in [9.17, 15) is 0 Å². The molecule has 1 N–H and O–H groups in total. The molecule has 0 amide bonds. The summed E-state index contributed by atoms with van der Waals surface area (Å²) in [6.45, 7) is 7.79. The fraction of sp³-hybridized carbons (Fsp3) is 0.643. The van der Waals surface area contributed by atoms with Crippen molar-refractivity contribution in [1.82, 2.24) is 15.2 Å². The van der Waals surface area contributed by atoms with Gasteiger partial charge in [0.15, 0.2) is 0 Å². The SMILES string of the molecule is CNCC(CN(C)Cc1ccncc1)C(C)C. The Morgan fingerprint density at radius 3 is 2.47 bits per heavy atom. The lowest BCUT2D eigenvalue weighted by molar-refractivity contribution is 0.227. The summed E-state index contributed by atoms with van der Waals surface area (Å²) < 4.78 is 0. The van der Waals surface area contributed by atoms with Crippen LogP contribution in [0.25, 0.3) is 0 Å². The van der Waals surface area contributed by atoms with Crippen LogP contribution in [0.4, 0.5) is 0 Å². The van der Waals surface area contributed by atoms with E-state index >= 15 is 0 Å². The summed E-state index contributed by atoms with van der Waals surface area (Å²) in [5, 5.41) is 3.28. The summed E-state index contributed by atoms with van der Waals surface area (Å²) in [5.74, 6) is 1.41. The summed E-state index contributed by atoms with van der Waals surface area (Å²) >= 11 is 0. The maximum absolute atomic E-state index is 4.04. The van der Waals surface area contributed by atoms with E-state index in [0.717, 1.165) is 19.6 Å². The molecule has 0 aliphatic heterocycles. The smallest absolute Gasteiger partial charge is 0.0271 e. The van der Waals surface area contributed by atoms with Crippen molar-refractivity contribution in [2.24, 2.45) is 11.8 Å². The second-order valence-electron chi connectivity index (χ2n) is 5.11. The zero-order valence-electron chi connectivity index (χ0n) is 11.5. The van der Waals surface area contributed by atoms with Crippen LogP contribution in [0.1, 0.15) is 19.4 Å². The van der Waals surface area contributed by atoms with Crippen LogP contribution >= 0.6 is 0 Å². The molecule has 0 saturated carbocycles. The van der Waals surface area contributed by atoms with Crippen LogP contribution in [0.5, 0.6) is 0 Å². The highest BCUT2D eigenvalue weighted by Gasteiger charge is 2.14. The molecule has 1 unspecified atom stereocenters. The molecule has 96 valence electrons. The molecule has 1 atom stereocenters. The maximum Gasteiger partial charge on any atom is 0.0271 e. The van der Waals surface area contributed by atoms with Crippen molar-refractivity contribution in [3.05, 3.63) is 30.1 Å². The van der Waals surface area contributed by atoms with Gasteiger partial charge in [0.2, 0.25) is 0 Å². The summed E-state index contributed by atoms with van der Waals surface area (Å²) in [6.07, 6.45) is 3.72. The highest BCUT2D eigenvalue weighted by Crippen LogP contribution is 2.12. The predicted octanol–water partition coefficient (Wildman–Crippen LogP) is 2.00. The molecule has 1 heterocycles. The van der Waals surface area contributed by atoms with E-state index in [1.54, 1.807) is 0 Å². The van der Waals surface area contributed by atoms with Crippen molar-refractivity contribution >= 4 is 0 Å². The van der Waals surface area contributed by atoms with Crippen LogP contribution in [0, 0.1) is 11.8 Å². The Kier molecular flexibility index (Phi) is 6.16. The van der Waals surface area contributed by atoms with Crippen molar-refractivity contribution in [2.45, 2.75) is 20.4 Å². The van der Waals surface area contributed by atoms with Crippen LogP contribution < -0.4 is 5.32 Å². The average molecular weight is 235 g/mol. The number of nitrogens with zero attached hydrogens (tertiary/aromatic N) is 2. The van der Waals surface area contributed by atoms with Gasteiger partial charge < -0.3 is 10.2 Å². The van der Waals surface area contributed by atoms with Crippen molar-refractivity contribution in [3.63, 3.8) is 0 Å². The number of aromatic nitrogens is 1. The summed E-state index contributed by atoms with van der Waals surface area (Å²) in [4.78, 5) is 6.43. The minimum atomic E-state index is 0.701. The van der Waals surface area contributed by atoms with Crippen LogP contribution in [-0.2, 0) is 6.54 Å². The zero-order chi connectivity index (χ0) is 12.7. The second kappa shape index (κ2) is 7.41. The molecule has 0 aliphatic rings. The molecule has 1 aromatic heterocycles.